The van der Waals surface area contributed by atoms with Crippen molar-refractivity contribution in [2.75, 3.05) is 10.2 Å². The molecule has 9 heteroatoms. The molecule has 8 nitrogen and oxygen atoms in total. The van der Waals surface area contributed by atoms with Crippen molar-refractivity contribution in [1.29, 1.82) is 0 Å². The Balaban J connectivity index is 1.42. The van der Waals surface area contributed by atoms with Gasteiger partial charge >= 0.3 is 6.01 Å². The van der Waals surface area contributed by atoms with Crippen molar-refractivity contribution >= 4 is 11.8 Å². The fraction of sp³-hybridized carbons (Fsp3) is 0.125. The summed E-state index contributed by atoms with van der Waals surface area (Å²) in [7, 11) is 0. The van der Waals surface area contributed by atoms with Gasteiger partial charge in [0.05, 0.1) is 5.56 Å². The van der Waals surface area contributed by atoms with E-state index in [1.165, 1.54) is 30.9 Å². The monoisotopic (exact) mass is 445 g/mol. The highest BCUT2D eigenvalue weighted by molar-refractivity contribution is 5.69. The van der Waals surface area contributed by atoms with E-state index in [4.69, 9.17) is 13.9 Å². The fourth-order valence-corrected chi connectivity index (χ4v) is 3.42. The molecular formula is C24H20FN5O3. The third-order valence-electron chi connectivity index (χ3n) is 5.01. The van der Waals surface area contributed by atoms with E-state index in [0.717, 1.165) is 24.1 Å². The first-order valence-corrected chi connectivity index (χ1v) is 10.4. The highest BCUT2D eigenvalue weighted by Gasteiger charge is 2.26. The molecule has 1 N–H and O–H groups in total. The molecule has 166 valence electrons. The van der Waals surface area contributed by atoms with Gasteiger partial charge in [0.25, 0.3) is 5.89 Å². The van der Waals surface area contributed by atoms with Crippen LogP contribution in [0.15, 0.2) is 95.6 Å². The first-order valence-electron chi connectivity index (χ1n) is 10.4. The van der Waals surface area contributed by atoms with Gasteiger partial charge in [-0.3, -0.25) is 0 Å². The van der Waals surface area contributed by atoms with E-state index in [9.17, 15) is 4.39 Å². The molecule has 5 rings (SSSR count). The van der Waals surface area contributed by atoms with Crippen LogP contribution in [0.1, 0.15) is 18.4 Å². The van der Waals surface area contributed by atoms with Crippen LogP contribution in [0.25, 0.3) is 11.5 Å². The maximum absolute atomic E-state index is 13.2. The number of hydrogen-bond donors (Lipinski definition) is 1. The number of pyridine rings is 1. The lowest BCUT2D eigenvalue weighted by molar-refractivity contribution is 0.247. The van der Waals surface area contributed by atoms with Gasteiger partial charge in [-0.15, -0.1) is 5.10 Å². The Hall–Kier alpha value is -4.40. The second-order valence-corrected chi connectivity index (χ2v) is 7.21. The molecule has 0 radical (unpaired) electrons. The number of rotatable bonds is 7. The molecular weight excluding hydrogens is 425 g/mol. The zero-order valence-corrected chi connectivity index (χ0v) is 17.5. The lowest BCUT2D eigenvalue weighted by Crippen LogP contribution is -2.24. The van der Waals surface area contributed by atoms with Gasteiger partial charge in [0.15, 0.2) is 6.26 Å². The topological polar surface area (TPSA) is 85.5 Å². The molecule has 2 aromatic heterocycles. The van der Waals surface area contributed by atoms with Gasteiger partial charge in [0, 0.05) is 18.4 Å². The molecule has 0 bridgehead atoms. The number of benzene rings is 1. The maximum Gasteiger partial charge on any atom is 0.330 e. The molecule has 0 saturated carbocycles. The quantitative estimate of drug-likeness (QED) is 0.529. The molecule has 33 heavy (non-hydrogen) atoms. The molecule has 1 aromatic carbocycles. The van der Waals surface area contributed by atoms with Gasteiger partial charge in [-0.25, -0.2) is 14.3 Å². The summed E-state index contributed by atoms with van der Waals surface area (Å²) in [5.74, 6) is 1.00. The Labute approximate surface area is 189 Å². The van der Waals surface area contributed by atoms with Gasteiger partial charge in [0.2, 0.25) is 5.88 Å². The average molecular weight is 445 g/mol. The Morgan fingerprint density at radius 1 is 1.09 bits per heavy atom. The van der Waals surface area contributed by atoms with Gasteiger partial charge in [-0.1, -0.05) is 29.4 Å². The molecule has 0 amide bonds. The van der Waals surface area contributed by atoms with Gasteiger partial charge in [-0.05, 0) is 48.7 Å². The first-order chi connectivity index (χ1) is 16.3. The van der Waals surface area contributed by atoms with Gasteiger partial charge < -0.3 is 19.2 Å². The number of hydrogen-bond acceptors (Lipinski definition) is 8. The van der Waals surface area contributed by atoms with Crippen LogP contribution in [0.3, 0.4) is 0 Å². The Morgan fingerprint density at radius 3 is 2.79 bits per heavy atom. The first kappa shape index (κ1) is 20.5. The minimum atomic E-state index is -0.276. The number of ether oxygens (including phenoxy) is 2. The molecule has 0 atom stereocenters. The van der Waals surface area contributed by atoms with Crippen LogP contribution in [0, 0.1) is 5.82 Å². The Morgan fingerprint density at radius 2 is 2.00 bits per heavy atom. The highest BCUT2D eigenvalue weighted by atomic mass is 19.1. The lowest BCUT2D eigenvalue weighted by atomic mass is 10.1. The number of halogens is 1. The second kappa shape index (κ2) is 9.39. The third-order valence-corrected chi connectivity index (χ3v) is 5.01. The normalized spacial score (nSPS) is 14.7. The van der Waals surface area contributed by atoms with Crippen molar-refractivity contribution in [1.82, 2.24) is 15.2 Å². The molecule has 1 aliphatic carbocycles. The number of anilines is 2. The summed E-state index contributed by atoms with van der Waals surface area (Å²) in [4.78, 5) is 6.14. The van der Waals surface area contributed by atoms with E-state index < -0.39 is 0 Å². The zero-order valence-electron chi connectivity index (χ0n) is 17.5. The van der Waals surface area contributed by atoms with Crippen molar-refractivity contribution in [3.63, 3.8) is 0 Å². The molecule has 0 spiro atoms. The second-order valence-electron chi connectivity index (χ2n) is 7.21. The van der Waals surface area contributed by atoms with Crippen LogP contribution in [-0.4, -0.2) is 15.2 Å². The highest BCUT2D eigenvalue weighted by Crippen LogP contribution is 2.33. The largest absolute Gasteiger partial charge is 0.464 e. The average Bonchev–Trinajstić information content (AvgIpc) is 3.35. The van der Waals surface area contributed by atoms with Crippen molar-refractivity contribution < 1.29 is 18.3 Å². The molecule has 2 aliphatic rings. The van der Waals surface area contributed by atoms with Crippen LogP contribution in [0.2, 0.25) is 0 Å². The van der Waals surface area contributed by atoms with E-state index in [-0.39, 0.29) is 11.8 Å². The SMILES string of the molecule is Fc1ccc(CNc2ncccc2-c2nnc(N(C3=CC=CCC3)C3=COC=CO3)o2)cc1. The summed E-state index contributed by atoms with van der Waals surface area (Å²) in [5.41, 5.74) is 2.49. The van der Waals surface area contributed by atoms with Crippen LogP contribution < -0.4 is 10.2 Å². The summed E-state index contributed by atoms with van der Waals surface area (Å²) >= 11 is 0. The third kappa shape index (κ3) is 4.62. The van der Waals surface area contributed by atoms with E-state index >= 15 is 0 Å². The predicted octanol–water partition coefficient (Wildman–Crippen LogP) is 5.24. The zero-order chi connectivity index (χ0) is 22.5. The van der Waals surface area contributed by atoms with E-state index in [0.29, 0.717) is 29.7 Å². The number of allylic oxidation sites excluding steroid dienone is 4. The van der Waals surface area contributed by atoms with E-state index in [2.05, 4.69) is 26.6 Å². The standard InChI is InChI=1S/C24H20FN5O3/c25-18-10-8-17(9-11-18)15-27-22-20(7-4-12-26-22)23-28-29-24(33-23)30(19-5-2-1-3-6-19)21-16-31-13-14-32-21/h1-2,4-5,7-14,16H,3,6,15H2,(H,26,27). The summed E-state index contributed by atoms with van der Waals surface area (Å²) in [5, 5.41) is 11.8. The van der Waals surface area contributed by atoms with Crippen molar-refractivity contribution in [2.24, 2.45) is 0 Å². The smallest absolute Gasteiger partial charge is 0.330 e. The lowest BCUT2D eigenvalue weighted by Gasteiger charge is -2.25. The number of nitrogens with one attached hydrogen (secondary N) is 1. The molecule has 0 saturated heterocycles. The van der Waals surface area contributed by atoms with Crippen LogP contribution in [0.5, 0.6) is 0 Å². The van der Waals surface area contributed by atoms with Gasteiger partial charge in [-0.2, -0.15) is 0 Å². The molecule has 1 aliphatic heterocycles. The van der Waals surface area contributed by atoms with E-state index in [1.807, 2.05) is 18.2 Å². The summed E-state index contributed by atoms with van der Waals surface area (Å²) in [6.07, 6.45) is 13.7. The maximum atomic E-state index is 13.2. The number of nitrogens with zero attached hydrogens (tertiary/aromatic N) is 4. The van der Waals surface area contributed by atoms with Crippen molar-refractivity contribution in [2.45, 2.75) is 19.4 Å². The van der Waals surface area contributed by atoms with Gasteiger partial charge in [0.1, 0.15) is 24.2 Å². The predicted molar refractivity (Wildman–Crippen MR) is 120 cm³/mol. The van der Waals surface area contributed by atoms with Crippen LogP contribution in [0.4, 0.5) is 16.2 Å². The molecule has 0 unspecified atom stereocenters. The number of aromatic nitrogens is 3. The summed E-state index contributed by atoms with van der Waals surface area (Å²) in [6.45, 7) is 0.459. The fourth-order valence-electron chi connectivity index (χ4n) is 3.42. The van der Waals surface area contributed by atoms with Crippen molar-refractivity contribution in [3.8, 4) is 11.5 Å². The Bertz CT molecular complexity index is 1250. The van der Waals surface area contributed by atoms with Crippen LogP contribution >= 0.6 is 0 Å². The van der Waals surface area contributed by atoms with Crippen LogP contribution in [-0.2, 0) is 16.0 Å². The molecule has 3 aromatic rings. The van der Waals surface area contributed by atoms with Crippen molar-refractivity contribution in [3.05, 3.63) is 103 Å². The minimum absolute atomic E-state index is 0.241. The molecule has 3 heterocycles. The minimum Gasteiger partial charge on any atom is -0.464 e. The molecule has 0 fully saturated rings. The van der Waals surface area contributed by atoms with E-state index in [1.54, 1.807) is 29.3 Å². The Kier molecular flexibility index (Phi) is 5.83. The summed E-state index contributed by atoms with van der Waals surface area (Å²) < 4.78 is 30.1. The summed E-state index contributed by atoms with van der Waals surface area (Å²) in [6, 6.07) is 10.1.